The van der Waals surface area contributed by atoms with Gasteiger partial charge in [-0.05, 0) is 48.4 Å². The number of amides is 3. The zero-order chi connectivity index (χ0) is 23.3. The zero-order valence-corrected chi connectivity index (χ0v) is 17.2. The maximum Gasteiger partial charge on any atom is 0.328 e. The summed E-state index contributed by atoms with van der Waals surface area (Å²) in [5.74, 6) is -3.02. The Kier molecular flexibility index (Phi) is 6.99. The van der Waals surface area contributed by atoms with Gasteiger partial charge in [-0.1, -0.05) is 12.1 Å². The summed E-state index contributed by atoms with van der Waals surface area (Å²) in [5.41, 5.74) is 1.06. The SMILES string of the molecule is COc1ccc(CCN(C(=O)/C=C/C(=O)O)[C@H]2CC(=O)N(c3ccc(F)cc3)C2=O)cc1. The van der Waals surface area contributed by atoms with E-state index in [9.17, 15) is 23.6 Å². The van der Waals surface area contributed by atoms with Gasteiger partial charge in [-0.25, -0.2) is 14.1 Å². The molecule has 8 nitrogen and oxygen atoms in total. The molecule has 2 aromatic carbocycles. The fourth-order valence-electron chi connectivity index (χ4n) is 3.42. The van der Waals surface area contributed by atoms with Crippen molar-refractivity contribution in [3.63, 3.8) is 0 Å². The number of imide groups is 1. The second-order valence-electron chi connectivity index (χ2n) is 7.07. The van der Waals surface area contributed by atoms with Gasteiger partial charge in [0.2, 0.25) is 11.8 Å². The van der Waals surface area contributed by atoms with Crippen LogP contribution in [0.4, 0.5) is 10.1 Å². The Labute approximate surface area is 183 Å². The van der Waals surface area contributed by atoms with Crippen LogP contribution in [0.1, 0.15) is 12.0 Å². The van der Waals surface area contributed by atoms with Crippen LogP contribution in [0.15, 0.2) is 60.7 Å². The number of ether oxygens (including phenoxy) is 1. The maximum atomic E-state index is 13.2. The minimum atomic E-state index is -1.31. The molecule has 166 valence electrons. The molecular weight excluding hydrogens is 419 g/mol. The Morgan fingerprint density at radius 1 is 1.12 bits per heavy atom. The van der Waals surface area contributed by atoms with Gasteiger partial charge < -0.3 is 14.7 Å². The Hall–Kier alpha value is -4.01. The molecule has 0 radical (unpaired) electrons. The first-order valence-electron chi connectivity index (χ1n) is 9.77. The molecular formula is C23H21FN2O6. The number of hydrogen-bond donors (Lipinski definition) is 1. The highest BCUT2D eigenvalue weighted by Gasteiger charge is 2.43. The molecule has 0 aliphatic carbocycles. The van der Waals surface area contributed by atoms with Crippen LogP contribution in [-0.4, -0.2) is 53.4 Å². The van der Waals surface area contributed by atoms with Gasteiger partial charge in [-0.2, -0.15) is 0 Å². The summed E-state index contributed by atoms with van der Waals surface area (Å²) in [6.45, 7) is 0.0794. The summed E-state index contributed by atoms with van der Waals surface area (Å²) in [5, 5.41) is 8.84. The van der Waals surface area contributed by atoms with E-state index < -0.39 is 35.5 Å². The summed E-state index contributed by atoms with van der Waals surface area (Å²) in [4.78, 5) is 51.3. The predicted molar refractivity (Wildman–Crippen MR) is 112 cm³/mol. The molecule has 0 bridgehead atoms. The first kappa shape index (κ1) is 22.7. The highest BCUT2D eigenvalue weighted by molar-refractivity contribution is 6.23. The number of benzene rings is 2. The molecule has 9 heteroatoms. The van der Waals surface area contributed by atoms with Crippen molar-refractivity contribution >= 4 is 29.4 Å². The van der Waals surface area contributed by atoms with Gasteiger partial charge in [0, 0.05) is 18.7 Å². The molecule has 1 fully saturated rings. The smallest absolute Gasteiger partial charge is 0.328 e. The number of nitrogens with zero attached hydrogens (tertiary/aromatic N) is 2. The second-order valence-corrected chi connectivity index (χ2v) is 7.07. The van der Waals surface area contributed by atoms with Crippen molar-refractivity contribution in [2.24, 2.45) is 0 Å². The second kappa shape index (κ2) is 9.86. The fraction of sp³-hybridized carbons (Fsp3) is 0.217. The molecule has 1 N–H and O–H groups in total. The number of halogens is 1. The third-order valence-corrected chi connectivity index (χ3v) is 5.04. The number of rotatable bonds is 8. The number of anilines is 1. The molecule has 0 aromatic heterocycles. The number of methoxy groups -OCH3 is 1. The van der Waals surface area contributed by atoms with E-state index in [2.05, 4.69) is 0 Å². The molecule has 1 heterocycles. The molecule has 32 heavy (non-hydrogen) atoms. The van der Waals surface area contributed by atoms with Gasteiger partial charge in [-0.15, -0.1) is 0 Å². The van der Waals surface area contributed by atoms with Gasteiger partial charge in [0.1, 0.15) is 17.6 Å². The number of carbonyl (C=O) groups is 4. The van der Waals surface area contributed by atoms with Crippen molar-refractivity contribution in [3.05, 3.63) is 72.1 Å². The van der Waals surface area contributed by atoms with Crippen LogP contribution in [0.25, 0.3) is 0 Å². The van der Waals surface area contributed by atoms with Crippen molar-refractivity contribution < 1.29 is 33.4 Å². The summed E-state index contributed by atoms with van der Waals surface area (Å²) < 4.78 is 18.3. The van der Waals surface area contributed by atoms with Crippen LogP contribution >= 0.6 is 0 Å². The lowest BCUT2D eigenvalue weighted by atomic mass is 10.1. The standard InChI is InChI=1S/C23H21FN2O6/c1-32-18-8-2-15(3-9-18)12-13-25(20(27)10-11-22(29)30)19-14-21(28)26(23(19)31)17-6-4-16(24)5-7-17/h2-11,19H,12-14H2,1H3,(H,29,30)/b11-10+/t19-/m0/s1. The minimum absolute atomic E-state index is 0.0794. The first-order chi connectivity index (χ1) is 15.3. The third-order valence-electron chi connectivity index (χ3n) is 5.04. The Morgan fingerprint density at radius 3 is 2.38 bits per heavy atom. The first-order valence-corrected chi connectivity index (χ1v) is 9.77. The van der Waals surface area contributed by atoms with E-state index in [0.29, 0.717) is 18.2 Å². The van der Waals surface area contributed by atoms with Crippen molar-refractivity contribution in [1.29, 1.82) is 0 Å². The maximum absolute atomic E-state index is 13.2. The Bertz CT molecular complexity index is 1050. The van der Waals surface area contributed by atoms with E-state index in [1.54, 1.807) is 31.4 Å². The number of carboxylic acid groups (broad SMARTS) is 1. The van der Waals surface area contributed by atoms with Gasteiger partial charge >= 0.3 is 5.97 Å². The number of carbonyl (C=O) groups excluding carboxylic acids is 3. The van der Waals surface area contributed by atoms with Crippen molar-refractivity contribution in [1.82, 2.24) is 4.90 Å². The molecule has 3 amide bonds. The zero-order valence-electron chi connectivity index (χ0n) is 17.2. The van der Waals surface area contributed by atoms with E-state index >= 15 is 0 Å². The number of aliphatic carboxylic acids is 1. The summed E-state index contributed by atoms with van der Waals surface area (Å²) in [6.07, 6.45) is 1.65. The quantitative estimate of drug-likeness (QED) is 0.499. The van der Waals surface area contributed by atoms with Gasteiger partial charge in [0.25, 0.3) is 5.91 Å². The molecule has 2 aromatic rings. The normalized spacial score (nSPS) is 15.9. The lowest BCUT2D eigenvalue weighted by Crippen LogP contribution is -2.46. The lowest BCUT2D eigenvalue weighted by Gasteiger charge is -2.26. The third kappa shape index (κ3) is 5.18. The molecule has 0 spiro atoms. The molecule has 3 rings (SSSR count). The lowest BCUT2D eigenvalue weighted by molar-refractivity contribution is -0.135. The summed E-state index contributed by atoms with van der Waals surface area (Å²) >= 11 is 0. The molecule has 0 saturated carbocycles. The average molecular weight is 440 g/mol. The van der Waals surface area contributed by atoms with Gasteiger partial charge in [-0.3, -0.25) is 14.4 Å². The average Bonchev–Trinajstić information content (AvgIpc) is 3.07. The van der Waals surface area contributed by atoms with Crippen LogP contribution in [0.2, 0.25) is 0 Å². The largest absolute Gasteiger partial charge is 0.497 e. The van der Waals surface area contributed by atoms with Crippen LogP contribution in [-0.2, 0) is 25.6 Å². The molecule has 1 aliphatic heterocycles. The van der Waals surface area contributed by atoms with Crippen LogP contribution < -0.4 is 9.64 Å². The molecule has 1 atom stereocenters. The highest BCUT2D eigenvalue weighted by Crippen LogP contribution is 2.26. The molecule has 1 saturated heterocycles. The van der Waals surface area contributed by atoms with Crippen LogP contribution in [0.3, 0.4) is 0 Å². The van der Waals surface area contributed by atoms with Crippen molar-refractivity contribution in [2.75, 3.05) is 18.6 Å². The van der Waals surface area contributed by atoms with E-state index in [0.717, 1.165) is 28.7 Å². The van der Waals surface area contributed by atoms with Crippen molar-refractivity contribution in [3.8, 4) is 5.75 Å². The molecule has 1 aliphatic rings. The van der Waals surface area contributed by atoms with E-state index in [-0.39, 0.29) is 18.7 Å². The number of hydrogen-bond acceptors (Lipinski definition) is 5. The van der Waals surface area contributed by atoms with E-state index in [1.807, 2.05) is 0 Å². The minimum Gasteiger partial charge on any atom is -0.497 e. The Balaban J connectivity index is 1.83. The monoisotopic (exact) mass is 440 g/mol. The predicted octanol–water partition coefficient (Wildman–Crippen LogP) is 2.18. The topological polar surface area (TPSA) is 104 Å². The van der Waals surface area contributed by atoms with E-state index in [1.165, 1.54) is 17.0 Å². The summed E-state index contributed by atoms with van der Waals surface area (Å²) in [6, 6.07) is 10.9. The Morgan fingerprint density at radius 2 is 1.78 bits per heavy atom. The van der Waals surface area contributed by atoms with Gasteiger partial charge in [0.05, 0.1) is 19.2 Å². The van der Waals surface area contributed by atoms with Crippen LogP contribution in [0.5, 0.6) is 5.75 Å². The fourth-order valence-corrected chi connectivity index (χ4v) is 3.42. The van der Waals surface area contributed by atoms with Crippen molar-refractivity contribution in [2.45, 2.75) is 18.9 Å². The summed E-state index contributed by atoms with van der Waals surface area (Å²) in [7, 11) is 1.54. The number of carboxylic acids is 1. The highest BCUT2D eigenvalue weighted by atomic mass is 19.1. The van der Waals surface area contributed by atoms with E-state index in [4.69, 9.17) is 9.84 Å². The molecule has 0 unspecified atom stereocenters. The van der Waals surface area contributed by atoms with Gasteiger partial charge in [0.15, 0.2) is 0 Å². The van der Waals surface area contributed by atoms with Crippen LogP contribution in [0, 0.1) is 5.82 Å².